The molecule has 0 unspecified atom stereocenters. The number of nitrogens with two attached hydrogens (primary N) is 1. The second-order valence-electron chi connectivity index (χ2n) is 4.91. The SMILES string of the molecule is C=CC[C@H](NC(=O)Cc1ccc2ccccc2c1)C(N)=O. The number of primary amides is 1. The minimum Gasteiger partial charge on any atom is -0.368 e. The molecule has 1 atom stereocenters. The van der Waals surface area contributed by atoms with E-state index in [0.29, 0.717) is 6.42 Å². The first-order valence-corrected chi connectivity index (χ1v) is 6.77. The Morgan fingerprint density at radius 1 is 1.19 bits per heavy atom. The fourth-order valence-electron chi connectivity index (χ4n) is 2.19. The molecular formula is C17H18N2O2. The molecule has 0 heterocycles. The van der Waals surface area contributed by atoms with Gasteiger partial charge in [0.05, 0.1) is 6.42 Å². The van der Waals surface area contributed by atoms with Gasteiger partial charge in [0.1, 0.15) is 6.04 Å². The van der Waals surface area contributed by atoms with E-state index < -0.39 is 11.9 Å². The van der Waals surface area contributed by atoms with Crippen molar-refractivity contribution in [3.8, 4) is 0 Å². The van der Waals surface area contributed by atoms with Crippen molar-refractivity contribution in [2.24, 2.45) is 5.73 Å². The van der Waals surface area contributed by atoms with E-state index in [1.807, 2.05) is 42.5 Å². The van der Waals surface area contributed by atoms with Crippen molar-refractivity contribution < 1.29 is 9.59 Å². The smallest absolute Gasteiger partial charge is 0.240 e. The zero-order valence-electron chi connectivity index (χ0n) is 11.7. The molecule has 2 aromatic rings. The highest BCUT2D eigenvalue weighted by Crippen LogP contribution is 2.16. The monoisotopic (exact) mass is 282 g/mol. The van der Waals surface area contributed by atoms with E-state index in [0.717, 1.165) is 16.3 Å². The van der Waals surface area contributed by atoms with Gasteiger partial charge in [-0.05, 0) is 22.8 Å². The molecule has 3 N–H and O–H groups in total. The Kier molecular flexibility index (Phi) is 4.72. The molecule has 0 aliphatic carbocycles. The van der Waals surface area contributed by atoms with E-state index in [1.54, 1.807) is 6.08 Å². The van der Waals surface area contributed by atoms with Crippen LogP contribution in [0.3, 0.4) is 0 Å². The largest absolute Gasteiger partial charge is 0.368 e. The molecule has 0 saturated carbocycles. The molecule has 2 amide bonds. The van der Waals surface area contributed by atoms with Crippen molar-refractivity contribution in [2.45, 2.75) is 18.9 Å². The standard InChI is InChI=1S/C17H18N2O2/c1-2-5-15(17(18)21)19-16(20)11-12-8-9-13-6-3-4-7-14(13)10-12/h2-4,6-10,15H,1,5,11H2,(H2,18,21)(H,19,20)/t15-/m0/s1. The Balaban J connectivity index is 2.06. The number of benzene rings is 2. The average molecular weight is 282 g/mol. The van der Waals surface area contributed by atoms with E-state index in [1.165, 1.54) is 0 Å². The molecule has 4 nitrogen and oxygen atoms in total. The summed E-state index contributed by atoms with van der Waals surface area (Å²) in [4.78, 5) is 23.2. The van der Waals surface area contributed by atoms with Crippen LogP contribution in [0.1, 0.15) is 12.0 Å². The highest BCUT2D eigenvalue weighted by molar-refractivity contribution is 5.89. The summed E-state index contributed by atoms with van der Waals surface area (Å²) in [5.74, 6) is -0.780. The van der Waals surface area contributed by atoms with Crippen molar-refractivity contribution in [1.29, 1.82) is 0 Å². The molecule has 0 aromatic heterocycles. The number of carbonyl (C=O) groups excluding carboxylic acids is 2. The molecule has 0 bridgehead atoms. The quantitative estimate of drug-likeness (QED) is 0.795. The molecule has 2 rings (SSSR count). The maximum absolute atomic E-state index is 12.0. The van der Waals surface area contributed by atoms with Crippen molar-refractivity contribution in [1.82, 2.24) is 5.32 Å². The van der Waals surface area contributed by atoms with E-state index in [-0.39, 0.29) is 12.3 Å². The fraction of sp³-hybridized carbons (Fsp3) is 0.176. The van der Waals surface area contributed by atoms with Gasteiger partial charge < -0.3 is 11.1 Å². The second-order valence-corrected chi connectivity index (χ2v) is 4.91. The Bertz CT molecular complexity index is 679. The van der Waals surface area contributed by atoms with Crippen LogP contribution in [0.4, 0.5) is 0 Å². The predicted molar refractivity (Wildman–Crippen MR) is 83.6 cm³/mol. The van der Waals surface area contributed by atoms with E-state index in [4.69, 9.17) is 5.73 Å². The number of hydrogen-bond acceptors (Lipinski definition) is 2. The van der Waals surface area contributed by atoms with Gasteiger partial charge in [0.2, 0.25) is 11.8 Å². The summed E-state index contributed by atoms with van der Waals surface area (Å²) in [6.45, 7) is 3.55. The lowest BCUT2D eigenvalue weighted by atomic mass is 10.0. The minimum atomic E-state index is -0.699. The molecule has 0 aliphatic heterocycles. The summed E-state index contributed by atoms with van der Waals surface area (Å²) in [6, 6.07) is 13.1. The second kappa shape index (κ2) is 6.70. The third-order valence-electron chi connectivity index (χ3n) is 3.26. The topological polar surface area (TPSA) is 72.2 Å². The Morgan fingerprint density at radius 2 is 1.90 bits per heavy atom. The van der Waals surface area contributed by atoms with Crippen LogP contribution in [-0.4, -0.2) is 17.9 Å². The van der Waals surface area contributed by atoms with Crippen LogP contribution < -0.4 is 11.1 Å². The maximum atomic E-state index is 12.0. The van der Waals surface area contributed by atoms with Crippen LogP contribution >= 0.6 is 0 Å². The first-order valence-electron chi connectivity index (χ1n) is 6.77. The lowest BCUT2D eigenvalue weighted by Crippen LogP contribution is -2.44. The lowest BCUT2D eigenvalue weighted by Gasteiger charge is -2.13. The van der Waals surface area contributed by atoms with E-state index in [9.17, 15) is 9.59 Å². The number of rotatable bonds is 6. The van der Waals surface area contributed by atoms with Gasteiger partial charge in [-0.2, -0.15) is 0 Å². The van der Waals surface area contributed by atoms with Crippen molar-refractivity contribution >= 4 is 22.6 Å². The third-order valence-corrected chi connectivity index (χ3v) is 3.26. The first kappa shape index (κ1) is 14.8. The summed E-state index contributed by atoms with van der Waals surface area (Å²) in [7, 11) is 0. The molecule has 2 aromatic carbocycles. The number of hydrogen-bond donors (Lipinski definition) is 2. The van der Waals surface area contributed by atoms with Gasteiger partial charge in [-0.3, -0.25) is 9.59 Å². The molecule has 0 saturated heterocycles. The van der Waals surface area contributed by atoms with Crippen LogP contribution in [0.2, 0.25) is 0 Å². The van der Waals surface area contributed by atoms with E-state index in [2.05, 4.69) is 11.9 Å². The van der Waals surface area contributed by atoms with Crippen LogP contribution in [-0.2, 0) is 16.0 Å². The van der Waals surface area contributed by atoms with E-state index >= 15 is 0 Å². The zero-order chi connectivity index (χ0) is 15.2. The first-order chi connectivity index (χ1) is 10.1. The third kappa shape index (κ3) is 3.92. The molecule has 0 fully saturated rings. The predicted octanol–water partition coefficient (Wildman–Crippen LogP) is 1.93. The normalized spacial score (nSPS) is 11.8. The minimum absolute atomic E-state index is 0.214. The molecular weight excluding hydrogens is 264 g/mol. The number of amides is 2. The highest BCUT2D eigenvalue weighted by Gasteiger charge is 2.16. The molecule has 108 valence electrons. The van der Waals surface area contributed by atoms with Gasteiger partial charge >= 0.3 is 0 Å². The summed E-state index contributed by atoms with van der Waals surface area (Å²) >= 11 is 0. The van der Waals surface area contributed by atoms with Gasteiger partial charge in [0, 0.05) is 0 Å². The summed E-state index contributed by atoms with van der Waals surface area (Å²) in [6.07, 6.45) is 2.11. The average Bonchev–Trinajstić information content (AvgIpc) is 2.46. The van der Waals surface area contributed by atoms with Crippen molar-refractivity contribution in [2.75, 3.05) is 0 Å². The van der Waals surface area contributed by atoms with Crippen molar-refractivity contribution in [3.05, 3.63) is 60.7 Å². The van der Waals surface area contributed by atoms with Crippen LogP contribution in [0.5, 0.6) is 0 Å². The molecule has 0 spiro atoms. The summed E-state index contributed by atoms with van der Waals surface area (Å²) < 4.78 is 0. The summed E-state index contributed by atoms with van der Waals surface area (Å²) in [5.41, 5.74) is 6.13. The molecule has 0 aliphatic rings. The van der Waals surface area contributed by atoms with Crippen LogP contribution in [0.15, 0.2) is 55.1 Å². The Labute approximate surface area is 123 Å². The Hall–Kier alpha value is -2.62. The van der Waals surface area contributed by atoms with Gasteiger partial charge in [-0.15, -0.1) is 6.58 Å². The van der Waals surface area contributed by atoms with Gasteiger partial charge in [-0.1, -0.05) is 48.5 Å². The molecule has 0 radical (unpaired) electrons. The number of fused-ring (bicyclic) bond motifs is 1. The highest BCUT2D eigenvalue weighted by atomic mass is 16.2. The van der Waals surface area contributed by atoms with Gasteiger partial charge in [0.15, 0.2) is 0 Å². The maximum Gasteiger partial charge on any atom is 0.240 e. The van der Waals surface area contributed by atoms with Crippen LogP contribution in [0, 0.1) is 0 Å². The fourth-order valence-corrected chi connectivity index (χ4v) is 2.19. The van der Waals surface area contributed by atoms with Gasteiger partial charge in [-0.25, -0.2) is 0 Å². The Morgan fingerprint density at radius 3 is 2.57 bits per heavy atom. The zero-order valence-corrected chi connectivity index (χ0v) is 11.7. The van der Waals surface area contributed by atoms with Gasteiger partial charge in [0.25, 0.3) is 0 Å². The number of nitrogens with one attached hydrogen (secondary N) is 1. The van der Waals surface area contributed by atoms with Crippen molar-refractivity contribution in [3.63, 3.8) is 0 Å². The molecule has 21 heavy (non-hydrogen) atoms. The lowest BCUT2D eigenvalue weighted by molar-refractivity contribution is -0.126. The molecule has 4 heteroatoms. The summed E-state index contributed by atoms with van der Waals surface area (Å²) in [5, 5.41) is 4.84. The number of carbonyl (C=O) groups is 2. The van der Waals surface area contributed by atoms with Crippen LogP contribution in [0.25, 0.3) is 10.8 Å².